The van der Waals surface area contributed by atoms with Crippen LogP contribution in [0.25, 0.3) is 0 Å². The van der Waals surface area contributed by atoms with E-state index in [0.29, 0.717) is 29.7 Å². The lowest BCUT2D eigenvalue weighted by Gasteiger charge is -2.31. The van der Waals surface area contributed by atoms with Crippen LogP contribution < -0.4 is 5.73 Å². The van der Waals surface area contributed by atoms with Crippen LogP contribution in [0, 0.1) is 5.92 Å². The molecule has 2 saturated heterocycles. The minimum Gasteiger partial charge on any atom is -0.370 e. The summed E-state index contributed by atoms with van der Waals surface area (Å²) in [5.41, 5.74) is 0.715. The average molecular weight is 356 g/mol. The number of piperidine rings is 2. The smallest absolute Gasteiger partial charge is 0.370 e. The number of likely N-dealkylation sites (tertiary alicyclic amines) is 1. The van der Waals surface area contributed by atoms with Gasteiger partial charge in [0.05, 0.1) is 0 Å². The Morgan fingerprint density at radius 2 is 1.65 bits per heavy atom. The van der Waals surface area contributed by atoms with Gasteiger partial charge in [-0.05, 0) is 38.0 Å². The summed E-state index contributed by atoms with van der Waals surface area (Å²) in [5, 5.41) is 0. The van der Waals surface area contributed by atoms with Crippen molar-refractivity contribution in [1.29, 1.82) is 0 Å². The van der Waals surface area contributed by atoms with Gasteiger partial charge in [-0.3, -0.25) is 4.99 Å². The fourth-order valence-corrected chi connectivity index (χ4v) is 3.91. The van der Waals surface area contributed by atoms with Gasteiger partial charge in [0, 0.05) is 32.7 Å². The molecule has 0 unspecified atom stereocenters. The number of hydrogen-bond acceptors (Lipinski definition) is 3. The molecule has 0 spiro atoms. The van der Waals surface area contributed by atoms with Crippen LogP contribution in [0.3, 0.4) is 0 Å². The third-order valence-electron chi connectivity index (χ3n) is 4.40. The molecule has 0 aromatic heterocycles. The maximum atomic E-state index is 12.5. The fraction of sp³-hybridized carbons (Fsp3) is 0.923. The first-order chi connectivity index (χ1) is 10.7. The molecule has 0 aromatic carbocycles. The van der Waals surface area contributed by atoms with Gasteiger partial charge in [0.1, 0.15) is 0 Å². The molecular formula is C13H23F3N4O2S. The topological polar surface area (TPSA) is 79.0 Å². The van der Waals surface area contributed by atoms with Gasteiger partial charge in [0.15, 0.2) is 5.96 Å². The largest absolute Gasteiger partial charge is 0.511 e. The molecule has 2 N–H and O–H groups in total. The summed E-state index contributed by atoms with van der Waals surface area (Å²) in [4.78, 5) is 6.36. The summed E-state index contributed by atoms with van der Waals surface area (Å²) in [6.45, 7) is 1.97. The predicted molar refractivity (Wildman–Crippen MR) is 81.2 cm³/mol. The Balaban J connectivity index is 1.83. The van der Waals surface area contributed by atoms with Crippen molar-refractivity contribution in [2.75, 3.05) is 32.7 Å². The van der Waals surface area contributed by atoms with Crippen LogP contribution in [0.4, 0.5) is 13.2 Å². The standard InChI is InChI=1S/C13H23F3N4O2S/c14-13(15,16)23(21,22)20-8-4-11(5-9-20)10-18-12(17)19-6-2-1-3-7-19/h11H,1-10H2,(H2,17,18). The van der Waals surface area contributed by atoms with Gasteiger partial charge in [0.25, 0.3) is 0 Å². The highest BCUT2D eigenvalue weighted by Gasteiger charge is 2.50. The maximum Gasteiger partial charge on any atom is 0.511 e. The molecule has 2 fully saturated rings. The summed E-state index contributed by atoms with van der Waals surface area (Å²) in [5.74, 6) is 0.549. The van der Waals surface area contributed by atoms with Crippen molar-refractivity contribution in [3.8, 4) is 0 Å². The first-order valence-corrected chi connectivity index (χ1v) is 9.27. The van der Waals surface area contributed by atoms with E-state index in [4.69, 9.17) is 5.73 Å². The summed E-state index contributed by atoms with van der Waals surface area (Å²) < 4.78 is 60.7. The number of alkyl halides is 3. The molecule has 0 atom stereocenters. The van der Waals surface area contributed by atoms with Crippen LogP contribution in [0.5, 0.6) is 0 Å². The molecule has 0 saturated carbocycles. The van der Waals surface area contributed by atoms with E-state index in [1.807, 2.05) is 4.90 Å². The highest BCUT2D eigenvalue weighted by Crippen LogP contribution is 2.30. The molecule has 134 valence electrons. The monoisotopic (exact) mass is 356 g/mol. The summed E-state index contributed by atoms with van der Waals surface area (Å²) in [7, 11) is -5.21. The molecule has 2 aliphatic rings. The molecule has 2 rings (SSSR count). The Morgan fingerprint density at radius 1 is 1.09 bits per heavy atom. The van der Waals surface area contributed by atoms with Crippen molar-refractivity contribution in [3.63, 3.8) is 0 Å². The summed E-state index contributed by atoms with van der Waals surface area (Å²) in [6.07, 6.45) is 4.10. The number of sulfonamides is 1. The van der Waals surface area contributed by atoms with Gasteiger partial charge < -0.3 is 10.6 Å². The Labute approximate surface area is 134 Å². The van der Waals surface area contributed by atoms with Crippen molar-refractivity contribution >= 4 is 16.0 Å². The second-order valence-electron chi connectivity index (χ2n) is 6.04. The first kappa shape index (κ1) is 18.3. The lowest BCUT2D eigenvalue weighted by atomic mass is 9.98. The van der Waals surface area contributed by atoms with Gasteiger partial charge in [0.2, 0.25) is 0 Å². The number of halogens is 3. The van der Waals surface area contributed by atoms with Crippen LogP contribution in [0.15, 0.2) is 4.99 Å². The zero-order chi connectivity index (χ0) is 17.1. The number of hydrogen-bond donors (Lipinski definition) is 1. The van der Waals surface area contributed by atoms with E-state index in [9.17, 15) is 21.6 Å². The summed E-state index contributed by atoms with van der Waals surface area (Å²) >= 11 is 0. The molecular weight excluding hydrogens is 333 g/mol. The quantitative estimate of drug-likeness (QED) is 0.612. The highest BCUT2D eigenvalue weighted by atomic mass is 32.2. The molecule has 2 aliphatic heterocycles. The van der Waals surface area contributed by atoms with E-state index >= 15 is 0 Å². The lowest BCUT2D eigenvalue weighted by molar-refractivity contribution is -0.0496. The molecule has 0 aromatic rings. The second kappa shape index (κ2) is 7.25. The predicted octanol–water partition coefficient (Wildman–Crippen LogP) is 1.35. The number of nitrogens with zero attached hydrogens (tertiary/aromatic N) is 3. The molecule has 23 heavy (non-hydrogen) atoms. The number of guanidine groups is 1. The van der Waals surface area contributed by atoms with Gasteiger partial charge in [-0.2, -0.15) is 17.5 Å². The molecule has 0 aliphatic carbocycles. The Morgan fingerprint density at radius 3 is 2.17 bits per heavy atom. The van der Waals surface area contributed by atoms with Crippen LogP contribution in [0.1, 0.15) is 32.1 Å². The molecule has 0 bridgehead atoms. The van der Waals surface area contributed by atoms with Crippen LogP contribution in [-0.2, 0) is 10.0 Å². The maximum absolute atomic E-state index is 12.5. The van der Waals surface area contributed by atoms with E-state index in [1.54, 1.807) is 0 Å². The van der Waals surface area contributed by atoms with E-state index in [0.717, 1.165) is 25.9 Å². The van der Waals surface area contributed by atoms with Crippen LogP contribution >= 0.6 is 0 Å². The Bertz CT molecular complexity index is 522. The minimum atomic E-state index is -5.23. The molecule has 2 heterocycles. The van der Waals surface area contributed by atoms with Crippen molar-refractivity contribution < 1.29 is 21.6 Å². The van der Waals surface area contributed by atoms with E-state index in [2.05, 4.69) is 4.99 Å². The zero-order valence-corrected chi connectivity index (χ0v) is 13.7. The SMILES string of the molecule is NC(=NCC1CCN(S(=O)(=O)C(F)(F)F)CC1)N1CCCCC1. The normalized spacial score (nSPS) is 23.3. The molecule has 10 heteroatoms. The van der Waals surface area contributed by atoms with Crippen molar-refractivity contribution in [2.45, 2.75) is 37.6 Å². The van der Waals surface area contributed by atoms with Gasteiger partial charge in [-0.15, -0.1) is 0 Å². The van der Waals surface area contributed by atoms with Crippen molar-refractivity contribution in [2.24, 2.45) is 16.6 Å². The minimum absolute atomic E-state index is 0.0676. The van der Waals surface area contributed by atoms with E-state index in [-0.39, 0.29) is 19.0 Å². The number of rotatable bonds is 3. The van der Waals surface area contributed by atoms with Crippen molar-refractivity contribution in [1.82, 2.24) is 9.21 Å². The third kappa shape index (κ3) is 4.50. The summed E-state index contributed by atoms with van der Waals surface area (Å²) in [6, 6.07) is 0. The van der Waals surface area contributed by atoms with Gasteiger partial charge >= 0.3 is 15.5 Å². The molecule has 6 nitrogen and oxygen atoms in total. The van der Waals surface area contributed by atoms with E-state index in [1.165, 1.54) is 6.42 Å². The second-order valence-corrected chi connectivity index (χ2v) is 7.97. The van der Waals surface area contributed by atoms with Gasteiger partial charge in [-0.25, -0.2) is 8.42 Å². The van der Waals surface area contributed by atoms with Crippen molar-refractivity contribution in [3.05, 3.63) is 0 Å². The molecule has 0 amide bonds. The number of nitrogens with two attached hydrogens (primary N) is 1. The van der Waals surface area contributed by atoms with Crippen LogP contribution in [-0.4, -0.2) is 61.8 Å². The van der Waals surface area contributed by atoms with Gasteiger partial charge in [-0.1, -0.05) is 0 Å². The average Bonchev–Trinajstić information content (AvgIpc) is 2.53. The Kier molecular flexibility index (Phi) is 5.77. The van der Waals surface area contributed by atoms with E-state index < -0.39 is 15.5 Å². The molecule has 0 radical (unpaired) electrons. The lowest BCUT2D eigenvalue weighted by Crippen LogP contribution is -2.45. The number of aliphatic imine (C=N–C) groups is 1. The van der Waals surface area contributed by atoms with Crippen LogP contribution in [0.2, 0.25) is 0 Å². The Hall–Kier alpha value is -1.03. The first-order valence-electron chi connectivity index (χ1n) is 7.83. The fourth-order valence-electron chi connectivity index (χ4n) is 2.92. The highest BCUT2D eigenvalue weighted by molar-refractivity contribution is 7.90. The zero-order valence-electron chi connectivity index (χ0n) is 12.9. The third-order valence-corrected chi connectivity index (χ3v) is 6.03.